The standard InChI is InChI=1S/C10H13NO4/c1-6-5-7(15-11-6)10(3-4-10)8(12)9(13)14-2/h5,8,12H,3-4H2,1-2H3. The van der Waals surface area contributed by atoms with Crippen molar-refractivity contribution in [2.45, 2.75) is 31.3 Å². The van der Waals surface area contributed by atoms with Crippen LogP contribution in [0.1, 0.15) is 24.3 Å². The minimum Gasteiger partial charge on any atom is -0.467 e. The largest absolute Gasteiger partial charge is 0.467 e. The van der Waals surface area contributed by atoms with Crippen LogP contribution in [0.5, 0.6) is 0 Å². The number of methoxy groups -OCH3 is 1. The van der Waals surface area contributed by atoms with Gasteiger partial charge in [-0.05, 0) is 19.8 Å². The topological polar surface area (TPSA) is 72.6 Å². The van der Waals surface area contributed by atoms with E-state index in [-0.39, 0.29) is 0 Å². The number of aryl methyl sites for hydroxylation is 1. The Morgan fingerprint density at radius 1 is 1.73 bits per heavy atom. The van der Waals surface area contributed by atoms with Gasteiger partial charge in [-0.25, -0.2) is 4.79 Å². The van der Waals surface area contributed by atoms with Crippen molar-refractivity contribution in [3.05, 3.63) is 17.5 Å². The lowest BCUT2D eigenvalue weighted by Gasteiger charge is -2.16. The van der Waals surface area contributed by atoms with Crippen LogP contribution < -0.4 is 0 Å². The van der Waals surface area contributed by atoms with E-state index >= 15 is 0 Å². The van der Waals surface area contributed by atoms with E-state index in [0.29, 0.717) is 5.76 Å². The molecule has 2 rings (SSSR count). The van der Waals surface area contributed by atoms with Gasteiger partial charge >= 0.3 is 5.97 Å². The second-order valence-electron chi connectivity index (χ2n) is 3.91. The number of carbonyl (C=O) groups is 1. The zero-order valence-corrected chi connectivity index (χ0v) is 8.69. The molecule has 0 aromatic carbocycles. The fraction of sp³-hybridized carbons (Fsp3) is 0.600. The average Bonchev–Trinajstić information content (AvgIpc) is 2.94. The van der Waals surface area contributed by atoms with Gasteiger partial charge in [-0.3, -0.25) is 0 Å². The first kappa shape index (κ1) is 10.2. The molecule has 1 aromatic heterocycles. The molecule has 0 bridgehead atoms. The fourth-order valence-electron chi connectivity index (χ4n) is 1.72. The van der Waals surface area contributed by atoms with Crippen LogP contribution in [0.3, 0.4) is 0 Å². The van der Waals surface area contributed by atoms with Gasteiger partial charge in [-0.1, -0.05) is 5.16 Å². The molecule has 0 amide bonds. The molecule has 1 aliphatic carbocycles. The number of hydrogen-bond acceptors (Lipinski definition) is 5. The van der Waals surface area contributed by atoms with Crippen LogP contribution in [0.2, 0.25) is 0 Å². The first-order valence-corrected chi connectivity index (χ1v) is 4.80. The molecule has 1 heterocycles. The lowest BCUT2D eigenvalue weighted by Crippen LogP contribution is -2.34. The number of aliphatic hydroxyl groups excluding tert-OH is 1. The molecular weight excluding hydrogens is 198 g/mol. The second-order valence-corrected chi connectivity index (χ2v) is 3.91. The molecule has 0 aliphatic heterocycles. The van der Waals surface area contributed by atoms with Crippen LogP contribution >= 0.6 is 0 Å². The van der Waals surface area contributed by atoms with Gasteiger partial charge in [0.2, 0.25) is 0 Å². The molecule has 1 saturated carbocycles. The molecular formula is C10H13NO4. The summed E-state index contributed by atoms with van der Waals surface area (Å²) < 4.78 is 9.61. The first-order valence-electron chi connectivity index (χ1n) is 4.80. The maximum absolute atomic E-state index is 11.2. The summed E-state index contributed by atoms with van der Waals surface area (Å²) in [6.45, 7) is 1.80. The summed E-state index contributed by atoms with van der Waals surface area (Å²) in [5.74, 6) is -0.0561. The van der Waals surface area contributed by atoms with Crippen molar-refractivity contribution in [2.75, 3.05) is 7.11 Å². The zero-order chi connectivity index (χ0) is 11.1. The third-order valence-corrected chi connectivity index (χ3v) is 2.86. The summed E-state index contributed by atoms with van der Waals surface area (Å²) in [6.07, 6.45) is 0.283. The van der Waals surface area contributed by atoms with E-state index in [1.165, 1.54) is 7.11 Å². The summed E-state index contributed by atoms with van der Waals surface area (Å²) in [5.41, 5.74) is 0.141. The van der Waals surface area contributed by atoms with E-state index < -0.39 is 17.5 Å². The highest BCUT2D eigenvalue weighted by molar-refractivity contribution is 5.77. The minimum atomic E-state index is -1.16. The van der Waals surface area contributed by atoms with E-state index in [9.17, 15) is 9.90 Å². The van der Waals surface area contributed by atoms with Gasteiger partial charge in [0.25, 0.3) is 0 Å². The summed E-state index contributed by atoms with van der Waals surface area (Å²) in [4.78, 5) is 11.2. The van der Waals surface area contributed by atoms with Crippen molar-refractivity contribution >= 4 is 5.97 Å². The van der Waals surface area contributed by atoms with Crippen LogP contribution in [0.15, 0.2) is 10.6 Å². The first-order chi connectivity index (χ1) is 7.10. The van der Waals surface area contributed by atoms with E-state index in [4.69, 9.17) is 4.52 Å². The fourth-order valence-corrected chi connectivity index (χ4v) is 1.72. The number of carbonyl (C=O) groups excluding carboxylic acids is 1. The van der Waals surface area contributed by atoms with Crippen molar-refractivity contribution in [3.8, 4) is 0 Å². The summed E-state index contributed by atoms with van der Waals surface area (Å²) in [5, 5.41) is 13.6. The SMILES string of the molecule is COC(=O)C(O)C1(c2cc(C)no2)CC1. The third kappa shape index (κ3) is 1.52. The molecule has 1 unspecified atom stereocenters. The highest BCUT2D eigenvalue weighted by Crippen LogP contribution is 2.51. The van der Waals surface area contributed by atoms with Crippen molar-refractivity contribution < 1.29 is 19.2 Å². The Morgan fingerprint density at radius 2 is 2.40 bits per heavy atom. The molecule has 15 heavy (non-hydrogen) atoms. The van der Waals surface area contributed by atoms with Gasteiger partial charge < -0.3 is 14.4 Å². The highest BCUT2D eigenvalue weighted by atomic mass is 16.5. The quantitative estimate of drug-likeness (QED) is 0.739. The molecule has 0 radical (unpaired) electrons. The maximum Gasteiger partial charge on any atom is 0.335 e. The molecule has 1 N–H and O–H groups in total. The van der Waals surface area contributed by atoms with Gasteiger partial charge in [-0.2, -0.15) is 0 Å². The molecule has 1 atom stereocenters. The van der Waals surface area contributed by atoms with Crippen LogP contribution in [-0.4, -0.2) is 29.4 Å². The van der Waals surface area contributed by atoms with E-state index in [2.05, 4.69) is 9.89 Å². The minimum absolute atomic E-state index is 0.568. The zero-order valence-electron chi connectivity index (χ0n) is 8.69. The average molecular weight is 211 g/mol. The Balaban J connectivity index is 2.24. The van der Waals surface area contributed by atoms with Gasteiger partial charge in [0, 0.05) is 6.07 Å². The van der Waals surface area contributed by atoms with Gasteiger partial charge in [-0.15, -0.1) is 0 Å². The third-order valence-electron chi connectivity index (χ3n) is 2.86. The smallest absolute Gasteiger partial charge is 0.335 e. The van der Waals surface area contributed by atoms with Crippen LogP contribution in [0.25, 0.3) is 0 Å². The van der Waals surface area contributed by atoms with Gasteiger partial charge in [0.15, 0.2) is 6.10 Å². The Bertz CT molecular complexity index is 381. The Labute approximate surface area is 87.0 Å². The summed E-state index contributed by atoms with van der Waals surface area (Å²) in [7, 11) is 1.26. The van der Waals surface area contributed by atoms with Crippen LogP contribution in [0, 0.1) is 6.92 Å². The van der Waals surface area contributed by atoms with Crippen molar-refractivity contribution in [1.82, 2.24) is 5.16 Å². The lowest BCUT2D eigenvalue weighted by molar-refractivity contribution is -0.152. The number of ether oxygens (including phenoxy) is 1. The van der Waals surface area contributed by atoms with Crippen molar-refractivity contribution in [3.63, 3.8) is 0 Å². The van der Waals surface area contributed by atoms with Gasteiger partial charge in [0.1, 0.15) is 5.76 Å². The predicted molar refractivity (Wildman–Crippen MR) is 50.2 cm³/mol. The predicted octanol–water partition coefficient (Wildman–Crippen LogP) is 0.549. The number of rotatable bonds is 3. The molecule has 0 spiro atoms. The molecule has 5 heteroatoms. The maximum atomic E-state index is 11.2. The van der Waals surface area contributed by atoms with E-state index in [1.807, 2.05) is 0 Å². The normalized spacial score (nSPS) is 19.7. The van der Waals surface area contributed by atoms with Crippen molar-refractivity contribution in [2.24, 2.45) is 0 Å². The van der Waals surface area contributed by atoms with E-state index in [1.54, 1.807) is 13.0 Å². The molecule has 82 valence electrons. The molecule has 0 saturated heterocycles. The van der Waals surface area contributed by atoms with Gasteiger partial charge in [0.05, 0.1) is 18.2 Å². The number of esters is 1. The Kier molecular flexibility index (Phi) is 2.26. The molecule has 1 aromatic rings. The highest BCUT2D eigenvalue weighted by Gasteiger charge is 2.56. The number of aromatic nitrogens is 1. The van der Waals surface area contributed by atoms with Crippen LogP contribution in [0.4, 0.5) is 0 Å². The van der Waals surface area contributed by atoms with Crippen LogP contribution in [-0.2, 0) is 14.9 Å². The number of nitrogens with zero attached hydrogens (tertiary/aromatic N) is 1. The molecule has 1 aliphatic rings. The molecule has 5 nitrogen and oxygen atoms in total. The summed E-state index contributed by atoms with van der Waals surface area (Å²) in [6, 6.07) is 1.75. The number of aliphatic hydroxyl groups is 1. The summed E-state index contributed by atoms with van der Waals surface area (Å²) >= 11 is 0. The number of hydrogen-bond donors (Lipinski definition) is 1. The monoisotopic (exact) mass is 211 g/mol. The Morgan fingerprint density at radius 3 is 2.80 bits per heavy atom. The van der Waals surface area contributed by atoms with Crippen molar-refractivity contribution in [1.29, 1.82) is 0 Å². The van der Waals surface area contributed by atoms with E-state index in [0.717, 1.165) is 18.5 Å². The Hall–Kier alpha value is -1.36. The second kappa shape index (κ2) is 3.34. The lowest BCUT2D eigenvalue weighted by atomic mass is 9.96. The molecule has 1 fully saturated rings.